The highest BCUT2D eigenvalue weighted by molar-refractivity contribution is 8.60. The molecule has 6 rings (SSSR count). The Morgan fingerprint density at radius 2 is 0.635 bits per heavy atom. The summed E-state index contributed by atoms with van der Waals surface area (Å²) in [5.41, 5.74) is 3.60. The van der Waals surface area contributed by atoms with Crippen molar-refractivity contribution in [3.05, 3.63) is 158 Å². The molecule has 6 aromatic carbocycles. The normalized spacial score (nSPS) is 10.9. The summed E-state index contributed by atoms with van der Waals surface area (Å²) < 4.78 is 21.4. The van der Waals surface area contributed by atoms with Crippen molar-refractivity contribution in [3.63, 3.8) is 0 Å². The van der Waals surface area contributed by atoms with Crippen molar-refractivity contribution in [1.29, 1.82) is 0 Å². The molecule has 0 fully saturated rings. The van der Waals surface area contributed by atoms with Crippen LogP contribution in [0.15, 0.2) is 158 Å². The molecule has 268 valence electrons. The molecule has 4 N–H and O–H groups in total. The lowest BCUT2D eigenvalue weighted by molar-refractivity contribution is 0.415. The predicted molar refractivity (Wildman–Crippen MR) is 227 cm³/mol. The largest absolute Gasteiger partial charge is 0.738 e. The Balaban J connectivity index is 0.000000289. The van der Waals surface area contributed by atoms with Crippen LogP contribution in [0.2, 0.25) is 0 Å². The molecule has 8 nitrogen and oxygen atoms in total. The second kappa shape index (κ2) is 18.6. The average Bonchev–Trinajstić information content (AvgIpc) is 3.20. The first-order valence-corrected chi connectivity index (χ1v) is 21.9. The quantitative estimate of drug-likeness (QED) is 0.0635. The summed E-state index contributed by atoms with van der Waals surface area (Å²) in [5, 5.41) is 15.0. The first kappa shape index (κ1) is 38.4. The van der Waals surface area contributed by atoms with Gasteiger partial charge in [-0.25, -0.2) is 20.3 Å². The molecule has 0 spiro atoms. The number of rotatable bonds is 14. The van der Waals surface area contributed by atoms with Gasteiger partial charge < -0.3 is 31.2 Å². The van der Waals surface area contributed by atoms with E-state index in [9.17, 15) is 0 Å². The van der Waals surface area contributed by atoms with Crippen LogP contribution in [0.5, 0.6) is 23.0 Å². The van der Waals surface area contributed by atoms with E-state index in [-0.39, 0.29) is 0 Å². The van der Waals surface area contributed by atoms with Crippen LogP contribution >= 0.6 is 13.1 Å². The van der Waals surface area contributed by atoms with Gasteiger partial charge >= 0.3 is 7.87 Å². The van der Waals surface area contributed by atoms with Crippen LogP contribution in [0.3, 0.4) is 0 Å². The monoisotopic (exact) mass is 768 g/mol. The summed E-state index contributed by atoms with van der Waals surface area (Å²) in [6.45, 7) is 0. The molecule has 0 aromatic heterocycles. The van der Waals surface area contributed by atoms with Crippen LogP contribution in [-0.2, 0) is 24.1 Å². The molecule has 12 heteroatoms. The number of hydrogen-bond donors (Lipinski definition) is 4. The van der Waals surface area contributed by atoms with Crippen LogP contribution < -0.4 is 49.9 Å². The van der Waals surface area contributed by atoms with Gasteiger partial charge in [0.05, 0.1) is 51.2 Å². The Morgan fingerprint density at radius 1 is 0.404 bits per heavy atom. The van der Waals surface area contributed by atoms with E-state index in [0.29, 0.717) is 0 Å². The van der Waals surface area contributed by atoms with Crippen LogP contribution in [-0.4, -0.2) is 28.4 Å². The Hall–Kier alpha value is -4.85. The molecular weight excluding hydrogens is 727 g/mol. The van der Waals surface area contributed by atoms with Crippen molar-refractivity contribution in [3.8, 4) is 23.0 Å². The number of methoxy groups -OCH3 is 4. The van der Waals surface area contributed by atoms with Gasteiger partial charge in [-0.1, -0.05) is 60.7 Å². The molecule has 0 bridgehead atoms. The highest BCUT2D eigenvalue weighted by Crippen LogP contribution is 2.57. The van der Waals surface area contributed by atoms with Crippen molar-refractivity contribution in [1.82, 2.24) is 0 Å². The van der Waals surface area contributed by atoms with Gasteiger partial charge in [0.2, 0.25) is 0 Å². The second-order valence-electron chi connectivity index (χ2n) is 11.3. The fraction of sp³-hybridized carbons (Fsp3) is 0.100. The van der Waals surface area contributed by atoms with E-state index in [0.717, 1.165) is 56.4 Å². The van der Waals surface area contributed by atoms with Crippen molar-refractivity contribution in [2.45, 2.75) is 0 Å². The van der Waals surface area contributed by atoms with Gasteiger partial charge in [-0.05, 0) is 108 Å². The first-order chi connectivity index (χ1) is 25.3. The summed E-state index contributed by atoms with van der Waals surface area (Å²) in [6, 6.07) is 51.3. The number of benzene rings is 6. The topological polar surface area (TPSA) is 85.0 Å². The molecule has 0 unspecified atom stereocenters. The van der Waals surface area contributed by atoms with Crippen molar-refractivity contribution in [2.24, 2.45) is 0 Å². The second-order valence-corrected chi connectivity index (χ2v) is 19.6. The highest BCUT2D eigenvalue weighted by atomic mass is 32.9. The molecule has 0 radical (unpaired) electrons. The molecule has 0 aliphatic rings. The van der Waals surface area contributed by atoms with Crippen molar-refractivity contribution < 1.29 is 18.9 Å². The molecule has 0 aliphatic carbocycles. The summed E-state index contributed by atoms with van der Waals surface area (Å²) in [5.74, 6) is 3.13. The molecular formula is C40H42N4O4P2S2. The van der Waals surface area contributed by atoms with Gasteiger partial charge in [0, 0.05) is 0 Å². The molecule has 0 saturated heterocycles. The maximum Gasteiger partial charge on any atom is 0.395 e. The molecule has 52 heavy (non-hydrogen) atoms. The van der Waals surface area contributed by atoms with E-state index < -0.39 is 13.1 Å². The van der Waals surface area contributed by atoms with Crippen LogP contribution in [0.4, 0.5) is 22.7 Å². The maximum atomic E-state index is 5.60. The minimum absolute atomic E-state index is 0.781. The van der Waals surface area contributed by atoms with Gasteiger partial charge in [-0.2, -0.15) is 0 Å². The maximum absolute atomic E-state index is 5.60. The Morgan fingerprint density at radius 3 is 0.846 bits per heavy atom. The van der Waals surface area contributed by atoms with E-state index in [1.54, 1.807) is 28.4 Å². The lowest BCUT2D eigenvalue weighted by atomic mass is 10.3. The van der Waals surface area contributed by atoms with Gasteiger partial charge in [0.25, 0.3) is 0 Å². The summed E-state index contributed by atoms with van der Waals surface area (Å²) in [6.07, 6.45) is 0. The number of nitrogens with one attached hydrogen (secondary N) is 4. The van der Waals surface area contributed by atoms with E-state index in [1.807, 2.05) is 158 Å². The molecule has 0 atom stereocenters. The Kier molecular flexibility index (Phi) is 13.7. The van der Waals surface area contributed by atoms with E-state index in [1.165, 1.54) is 0 Å². The fourth-order valence-corrected chi connectivity index (χ4v) is 10.4. The third-order valence-corrected chi connectivity index (χ3v) is 14.6. The molecule has 0 heterocycles. The van der Waals surface area contributed by atoms with E-state index in [4.69, 9.17) is 43.0 Å². The summed E-state index contributed by atoms with van der Waals surface area (Å²) in [4.78, 5) is 0. The fourth-order valence-electron chi connectivity index (χ4n) is 5.00. The third kappa shape index (κ3) is 10.6. The highest BCUT2D eigenvalue weighted by Gasteiger charge is 2.41. The lowest BCUT2D eigenvalue weighted by Gasteiger charge is -2.30. The first-order valence-electron chi connectivity index (χ1n) is 16.3. The van der Waals surface area contributed by atoms with Crippen molar-refractivity contribution >= 4 is 70.5 Å². The van der Waals surface area contributed by atoms with Crippen molar-refractivity contribution in [2.75, 3.05) is 48.8 Å². The minimum Gasteiger partial charge on any atom is -0.738 e. The van der Waals surface area contributed by atoms with Gasteiger partial charge in [-0.3, -0.25) is 0 Å². The molecule has 0 amide bonds. The molecule has 0 saturated carbocycles. The van der Waals surface area contributed by atoms with E-state index in [2.05, 4.69) is 20.3 Å². The van der Waals surface area contributed by atoms with Crippen LogP contribution in [0.25, 0.3) is 0 Å². The summed E-state index contributed by atoms with van der Waals surface area (Å²) >= 11 is 11.2. The zero-order chi connectivity index (χ0) is 36.8. The number of anilines is 4. The summed E-state index contributed by atoms with van der Waals surface area (Å²) in [7, 11) is 3.98. The number of hydrogen-bond acceptors (Lipinski definition) is 10. The average molecular weight is 769 g/mol. The predicted octanol–water partition coefficient (Wildman–Crippen LogP) is 9.73. The van der Waals surface area contributed by atoms with Crippen LogP contribution in [0, 0.1) is 0 Å². The van der Waals surface area contributed by atoms with Gasteiger partial charge in [0.1, 0.15) is 23.0 Å². The third-order valence-electron chi connectivity index (χ3n) is 7.74. The smallest absolute Gasteiger partial charge is 0.395 e. The minimum atomic E-state index is -2.64. The zero-order valence-electron chi connectivity index (χ0n) is 29.4. The van der Waals surface area contributed by atoms with E-state index >= 15 is 0 Å². The number of ether oxygens (including phenoxy) is 4. The Bertz CT molecular complexity index is 1760. The standard InChI is InChI=1S/C28H32N4O4P.C12H11PS2/c1-33-25-13-5-21(6-14-25)29-37(30-22-7-15-26(34-2)16-8-22,31-23-9-17-27(35-3)18-10-23)32-24-11-19-28(36-4)20-12-24;14-13(15,11-7-3-1-4-8-11)12-9-5-2-6-10-12/h5-20,29-32H,1-4H3;1-10H,(H,14,15)/q+1;/p-1. The van der Waals surface area contributed by atoms with Gasteiger partial charge in [-0.15, -0.1) is 17.0 Å². The SMILES string of the molecule is COc1ccc(N[P+](Nc2ccc(OC)cc2)(Nc2ccc(OC)cc2)Nc2ccc(OC)cc2)cc1.S=P([S-])(c1ccccc1)c1ccccc1. The Labute approximate surface area is 317 Å². The van der Waals surface area contributed by atoms with Gasteiger partial charge in [0.15, 0.2) is 0 Å². The molecule has 0 aliphatic heterocycles. The lowest BCUT2D eigenvalue weighted by Crippen LogP contribution is -2.27. The zero-order valence-corrected chi connectivity index (χ0v) is 32.8. The molecule has 6 aromatic rings. The van der Waals surface area contributed by atoms with Crippen LogP contribution in [0.1, 0.15) is 0 Å².